The van der Waals surface area contributed by atoms with Crippen molar-refractivity contribution in [3.05, 3.63) is 94.6 Å². The fourth-order valence-electron chi connectivity index (χ4n) is 3.65. The van der Waals surface area contributed by atoms with Gasteiger partial charge in [-0.3, -0.25) is 19.7 Å². The highest BCUT2D eigenvalue weighted by molar-refractivity contribution is 6.39. The lowest BCUT2D eigenvalue weighted by atomic mass is 10.1. The van der Waals surface area contributed by atoms with Gasteiger partial charge in [-0.1, -0.05) is 30.3 Å². The van der Waals surface area contributed by atoms with Crippen LogP contribution in [0.5, 0.6) is 5.75 Å². The smallest absolute Gasteiger partial charge is 0.335 e. The number of imide groups is 2. The van der Waals surface area contributed by atoms with Gasteiger partial charge >= 0.3 is 6.03 Å². The number of carbonyl (C=O) groups excluding carboxylic acids is 4. The first kappa shape index (κ1) is 24.4. The van der Waals surface area contributed by atoms with Crippen LogP contribution in [-0.4, -0.2) is 30.4 Å². The third-order valence-corrected chi connectivity index (χ3v) is 5.71. The van der Waals surface area contributed by atoms with E-state index in [2.05, 4.69) is 10.6 Å². The maximum atomic E-state index is 13.1. The summed E-state index contributed by atoms with van der Waals surface area (Å²) in [5, 5.41) is 4.99. The van der Waals surface area contributed by atoms with E-state index in [0.717, 1.165) is 21.6 Å². The molecule has 2 N–H and O–H groups in total. The summed E-state index contributed by atoms with van der Waals surface area (Å²) in [4.78, 5) is 51.0. The first-order valence-electron chi connectivity index (χ1n) is 11.3. The maximum absolute atomic E-state index is 13.1. The molecule has 1 heterocycles. The lowest BCUT2D eigenvalue weighted by Crippen LogP contribution is -2.54. The summed E-state index contributed by atoms with van der Waals surface area (Å²) in [7, 11) is 0. The Morgan fingerprint density at radius 2 is 1.69 bits per heavy atom. The molecule has 0 saturated carbocycles. The molecule has 1 saturated heterocycles. The van der Waals surface area contributed by atoms with Crippen LogP contribution in [0.2, 0.25) is 0 Å². The molecule has 3 aromatic carbocycles. The lowest BCUT2D eigenvalue weighted by Gasteiger charge is -2.26. The average molecular weight is 484 g/mol. The predicted molar refractivity (Wildman–Crippen MR) is 137 cm³/mol. The van der Waals surface area contributed by atoms with E-state index in [1.54, 1.807) is 42.5 Å². The third kappa shape index (κ3) is 5.50. The van der Waals surface area contributed by atoms with Gasteiger partial charge in [0.25, 0.3) is 17.7 Å². The fourth-order valence-corrected chi connectivity index (χ4v) is 3.65. The quantitative estimate of drug-likeness (QED) is 0.402. The van der Waals surface area contributed by atoms with Crippen molar-refractivity contribution in [3.63, 3.8) is 0 Å². The second kappa shape index (κ2) is 10.3. The molecule has 1 fully saturated rings. The second-order valence-corrected chi connectivity index (χ2v) is 8.50. The number of amides is 5. The van der Waals surface area contributed by atoms with Gasteiger partial charge in [-0.25, -0.2) is 9.69 Å². The third-order valence-electron chi connectivity index (χ3n) is 5.71. The summed E-state index contributed by atoms with van der Waals surface area (Å²) in [6.07, 6.45) is 1.41. The zero-order chi connectivity index (χ0) is 25.8. The van der Waals surface area contributed by atoms with Crippen molar-refractivity contribution in [3.8, 4) is 5.75 Å². The highest BCUT2D eigenvalue weighted by Crippen LogP contribution is 2.24. The minimum Gasteiger partial charge on any atom is -0.484 e. The molecule has 8 heteroatoms. The van der Waals surface area contributed by atoms with Gasteiger partial charge in [-0.2, -0.15) is 0 Å². The van der Waals surface area contributed by atoms with Crippen molar-refractivity contribution in [1.29, 1.82) is 0 Å². The van der Waals surface area contributed by atoms with Gasteiger partial charge in [0.05, 0.1) is 5.69 Å². The van der Waals surface area contributed by atoms with E-state index in [1.165, 1.54) is 6.08 Å². The first-order valence-corrected chi connectivity index (χ1v) is 11.3. The molecule has 0 spiro atoms. The van der Waals surface area contributed by atoms with E-state index < -0.39 is 17.8 Å². The van der Waals surface area contributed by atoms with E-state index in [0.29, 0.717) is 22.7 Å². The highest BCUT2D eigenvalue weighted by Gasteiger charge is 2.36. The number of anilines is 2. The van der Waals surface area contributed by atoms with Crippen LogP contribution in [0.15, 0.2) is 72.3 Å². The van der Waals surface area contributed by atoms with Crippen LogP contribution >= 0.6 is 0 Å². The highest BCUT2D eigenvalue weighted by atomic mass is 16.5. The number of ether oxygens (including phenoxy) is 1. The van der Waals surface area contributed by atoms with Gasteiger partial charge in [-0.05, 0) is 85.5 Å². The molecule has 0 aliphatic carbocycles. The van der Waals surface area contributed by atoms with Crippen molar-refractivity contribution >= 4 is 41.2 Å². The van der Waals surface area contributed by atoms with E-state index in [1.807, 2.05) is 45.0 Å². The summed E-state index contributed by atoms with van der Waals surface area (Å²) in [6, 6.07) is 18.4. The number of nitrogens with one attached hydrogen (secondary N) is 2. The van der Waals surface area contributed by atoms with Crippen LogP contribution in [0, 0.1) is 20.8 Å². The first-order chi connectivity index (χ1) is 17.2. The molecular weight excluding hydrogens is 458 g/mol. The number of aryl methyl sites for hydroxylation is 3. The van der Waals surface area contributed by atoms with E-state index in [4.69, 9.17) is 4.74 Å². The number of hydrogen-bond acceptors (Lipinski definition) is 5. The average Bonchev–Trinajstić information content (AvgIpc) is 2.83. The summed E-state index contributed by atoms with van der Waals surface area (Å²) >= 11 is 0. The van der Waals surface area contributed by atoms with E-state index >= 15 is 0 Å². The molecule has 0 radical (unpaired) electrons. The van der Waals surface area contributed by atoms with Gasteiger partial charge in [0, 0.05) is 5.69 Å². The van der Waals surface area contributed by atoms with Crippen molar-refractivity contribution in [1.82, 2.24) is 5.32 Å². The molecule has 5 amide bonds. The van der Waals surface area contributed by atoms with E-state index in [9.17, 15) is 19.2 Å². The van der Waals surface area contributed by atoms with Gasteiger partial charge in [0.2, 0.25) is 0 Å². The molecule has 0 bridgehead atoms. The molecule has 1 aliphatic heterocycles. The Balaban J connectivity index is 1.44. The Morgan fingerprint density at radius 3 is 2.39 bits per heavy atom. The largest absolute Gasteiger partial charge is 0.484 e. The van der Waals surface area contributed by atoms with Crippen molar-refractivity contribution in [2.45, 2.75) is 20.8 Å². The van der Waals surface area contributed by atoms with E-state index in [-0.39, 0.29) is 18.1 Å². The van der Waals surface area contributed by atoms with Crippen LogP contribution in [0.4, 0.5) is 16.2 Å². The van der Waals surface area contributed by atoms with Crippen LogP contribution in [0.1, 0.15) is 22.3 Å². The van der Waals surface area contributed by atoms with Gasteiger partial charge in [0.15, 0.2) is 6.61 Å². The fraction of sp³-hybridized carbons (Fsp3) is 0.143. The number of barbiturate groups is 1. The molecular formula is C28H25N3O5. The van der Waals surface area contributed by atoms with Crippen LogP contribution in [0.25, 0.3) is 6.08 Å². The van der Waals surface area contributed by atoms with Crippen LogP contribution in [-0.2, 0) is 14.4 Å². The molecule has 1 aliphatic rings. The summed E-state index contributed by atoms with van der Waals surface area (Å²) < 4.78 is 5.54. The van der Waals surface area contributed by atoms with Crippen LogP contribution < -0.4 is 20.3 Å². The molecule has 8 nitrogen and oxygen atoms in total. The van der Waals surface area contributed by atoms with Crippen molar-refractivity contribution < 1.29 is 23.9 Å². The number of hydrogen-bond donors (Lipinski definition) is 2. The standard InChI is InChI=1S/C28H25N3O5/c1-17-5-4-6-21(13-17)29-25(32)16-36-23-11-8-20(9-12-23)15-24-26(33)30-28(35)31(27(24)34)22-10-7-18(2)19(3)14-22/h4-15H,16H2,1-3H3,(H,29,32)(H,30,33,35). The lowest BCUT2D eigenvalue weighted by molar-refractivity contribution is -0.122. The topological polar surface area (TPSA) is 105 Å². The Morgan fingerprint density at radius 1 is 0.944 bits per heavy atom. The van der Waals surface area contributed by atoms with Crippen molar-refractivity contribution in [2.75, 3.05) is 16.8 Å². The zero-order valence-electron chi connectivity index (χ0n) is 20.1. The Kier molecular flexibility index (Phi) is 6.96. The Bertz CT molecular complexity index is 1390. The number of benzene rings is 3. The summed E-state index contributed by atoms with van der Waals surface area (Å²) in [6.45, 7) is 5.56. The molecule has 36 heavy (non-hydrogen) atoms. The number of rotatable bonds is 6. The molecule has 182 valence electrons. The SMILES string of the molecule is Cc1cccc(NC(=O)COc2ccc(C=C3C(=O)NC(=O)N(c4ccc(C)c(C)c4)C3=O)cc2)c1. The maximum Gasteiger partial charge on any atom is 0.335 e. The van der Waals surface area contributed by atoms with Crippen LogP contribution in [0.3, 0.4) is 0 Å². The molecule has 0 atom stereocenters. The molecule has 0 unspecified atom stereocenters. The number of urea groups is 1. The zero-order valence-corrected chi connectivity index (χ0v) is 20.1. The molecule has 4 rings (SSSR count). The Labute approximate surface area is 208 Å². The Hall–Kier alpha value is -4.72. The normalized spacial score (nSPS) is 14.6. The van der Waals surface area contributed by atoms with Crippen molar-refractivity contribution in [2.24, 2.45) is 0 Å². The predicted octanol–water partition coefficient (Wildman–Crippen LogP) is 4.30. The minimum absolute atomic E-state index is 0.168. The van der Waals surface area contributed by atoms with Gasteiger partial charge in [0.1, 0.15) is 11.3 Å². The number of nitrogens with zero attached hydrogens (tertiary/aromatic N) is 1. The van der Waals surface area contributed by atoms with Gasteiger partial charge < -0.3 is 10.1 Å². The minimum atomic E-state index is -0.793. The second-order valence-electron chi connectivity index (χ2n) is 8.50. The molecule has 3 aromatic rings. The summed E-state index contributed by atoms with van der Waals surface area (Å²) in [5.74, 6) is -1.33. The van der Waals surface area contributed by atoms with Gasteiger partial charge in [-0.15, -0.1) is 0 Å². The molecule has 0 aromatic heterocycles. The summed E-state index contributed by atoms with van der Waals surface area (Å²) in [5.41, 5.74) is 4.42. The monoisotopic (exact) mass is 483 g/mol. The number of carbonyl (C=O) groups is 4.